The van der Waals surface area contributed by atoms with Gasteiger partial charge in [0.15, 0.2) is 9.84 Å². The Hall–Kier alpha value is -1.91. The fraction of sp³-hybridized carbons (Fsp3) is 0.385. The predicted molar refractivity (Wildman–Crippen MR) is 95.4 cm³/mol. The number of sulfone groups is 1. The van der Waals surface area contributed by atoms with Crippen LogP contribution in [0.5, 0.6) is 0 Å². The molecule has 1 saturated heterocycles. The first-order valence-electron chi connectivity index (χ1n) is 7.26. The smallest absolute Gasteiger partial charge is 0.275 e. The molecule has 2 aromatic rings. The molecule has 25 heavy (non-hydrogen) atoms. The van der Waals surface area contributed by atoms with Crippen LogP contribution in [-0.4, -0.2) is 46.1 Å². The van der Waals surface area contributed by atoms with Crippen LogP contribution in [0.15, 0.2) is 16.1 Å². The SMILES string of the molecule is Cc1nn([C@@H]2CCS(=O)(=O)C2)c(Cl)c1/C=N\Nc1cn[nH]c(=O)c1Cl. The Morgan fingerprint density at radius 2 is 2.24 bits per heavy atom. The van der Waals surface area contributed by atoms with Gasteiger partial charge in [0.1, 0.15) is 15.9 Å². The molecule has 0 aromatic carbocycles. The van der Waals surface area contributed by atoms with E-state index in [1.807, 2.05) is 0 Å². The number of halogens is 2. The number of nitrogens with zero attached hydrogens (tertiary/aromatic N) is 4. The fourth-order valence-corrected chi connectivity index (χ4v) is 4.70. The number of nitrogens with one attached hydrogen (secondary N) is 2. The minimum atomic E-state index is -3.05. The van der Waals surface area contributed by atoms with Crippen molar-refractivity contribution in [3.05, 3.63) is 38.0 Å². The molecule has 0 radical (unpaired) electrons. The van der Waals surface area contributed by atoms with Gasteiger partial charge in [0.05, 0.1) is 41.2 Å². The van der Waals surface area contributed by atoms with E-state index in [4.69, 9.17) is 23.2 Å². The second kappa shape index (κ2) is 6.77. The molecular formula is C13H14Cl2N6O3S. The number of aromatic nitrogens is 4. The van der Waals surface area contributed by atoms with E-state index in [-0.39, 0.29) is 28.3 Å². The number of anilines is 1. The average molecular weight is 405 g/mol. The maximum atomic E-state index is 11.6. The Kier molecular flexibility index (Phi) is 4.85. The summed E-state index contributed by atoms with van der Waals surface area (Å²) >= 11 is 12.2. The summed E-state index contributed by atoms with van der Waals surface area (Å²) in [6, 6.07) is -0.280. The van der Waals surface area contributed by atoms with Gasteiger partial charge in [0, 0.05) is 0 Å². The number of aromatic amines is 1. The van der Waals surface area contributed by atoms with Crippen LogP contribution >= 0.6 is 23.2 Å². The van der Waals surface area contributed by atoms with E-state index in [1.165, 1.54) is 17.1 Å². The Balaban J connectivity index is 1.81. The molecule has 0 bridgehead atoms. The lowest BCUT2D eigenvalue weighted by atomic mass is 10.2. The van der Waals surface area contributed by atoms with Crippen LogP contribution < -0.4 is 11.0 Å². The molecule has 0 unspecified atom stereocenters. The van der Waals surface area contributed by atoms with Crippen LogP contribution in [0, 0.1) is 6.92 Å². The van der Waals surface area contributed by atoms with Crippen molar-refractivity contribution in [1.82, 2.24) is 20.0 Å². The summed E-state index contributed by atoms with van der Waals surface area (Å²) in [4.78, 5) is 11.4. The first-order valence-corrected chi connectivity index (χ1v) is 9.83. The first-order chi connectivity index (χ1) is 11.8. The van der Waals surface area contributed by atoms with Crippen molar-refractivity contribution < 1.29 is 8.42 Å². The van der Waals surface area contributed by atoms with Gasteiger partial charge in [-0.15, -0.1) is 0 Å². The highest BCUT2D eigenvalue weighted by atomic mass is 35.5. The van der Waals surface area contributed by atoms with Gasteiger partial charge in [-0.25, -0.2) is 18.2 Å². The predicted octanol–water partition coefficient (Wildman–Crippen LogP) is 1.39. The fourth-order valence-electron chi connectivity index (χ4n) is 2.52. The third-order valence-corrected chi connectivity index (χ3v) is 6.30. The lowest BCUT2D eigenvalue weighted by Gasteiger charge is -2.09. The van der Waals surface area contributed by atoms with E-state index >= 15 is 0 Å². The summed E-state index contributed by atoms with van der Waals surface area (Å²) in [5.41, 5.74) is 3.47. The van der Waals surface area contributed by atoms with Gasteiger partial charge < -0.3 is 0 Å². The number of hydrazone groups is 1. The average Bonchev–Trinajstić information content (AvgIpc) is 3.04. The highest BCUT2D eigenvalue weighted by molar-refractivity contribution is 7.91. The summed E-state index contributed by atoms with van der Waals surface area (Å²) in [5, 5.41) is 14.4. The van der Waals surface area contributed by atoms with Crippen molar-refractivity contribution in [3.63, 3.8) is 0 Å². The van der Waals surface area contributed by atoms with Crippen molar-refractivity contribution in [2.75, 3.05) is 16.9 Å². The molecule has 1 aliphatic rings. The summed E-state index contributed by atoms with van der Waals surface area (Å²) in [5.74, 6) is 0.155. The molecule has 3 rings (SSSR count). The molecule has 1 fully saturated rings. The van der Waals surface area contributed by atoms with Crippen LogP contribution in [0.4, 0.5) is 5.69 Å². The van der Waals surface area contributed by atoms with Crippen molar-refractivity contribution in [1.29, 1.82) is 0 Å². The number of aryl methyl sites for hydroxylation is 1. The number of hydrogen-bond donors (Lipinski definition) is 2. The molecule has 134 valence electrons. The third kappa shape index (κ3) is 3.70. The van der Waals surface area contributed by atoms with Gasteiger partial charge in [0.25, 0.3) is 5.56 Å². The quantitative estimate of drug-likeness (QED) is 0.586. The van der Waals surface area contributed by atoms with Gasteiger partial charge in [-0.2, -0.15) is 15.3 Å². The first kappa shape index (κ1) is 17.9. The van der Waals surface area contributed by atoms with Gasteiger partial charge in [-0.1, -0.05) is 23.2 Å². The topological polar surface area (TPSA) is 122 Å². The maximum Gasteiger partial charge on any atom is 0.285 e. The number of H-pyrrole nitrogens is 1. The van der Waals surface area contributed by atoms with Gasteiger partial charge in [0.2, 0.25) is 0 Å². The largest absolute Gasteiger partial charge is 0.285 e. The molecule has 0 amide bonds. The molecule has 3 heterocycles. The van der Waals surface area contributed by atoms with Crippen molar-refractivity contribution in [2.24, 2.45) is 5.10 Å². The molecule has 9 nitrogen and oxygen atoms in total. The molecule has 2 N–H and O–H groups in total. The van der Waals surface area contributed by atoms with E-state index in [0.717, 1.165) is 0 Å². The van der Waals surface area contributed by atoms with Crippen LogP contribution in [0.1, 0.15) is 23.7 Å². The van der Waals surface area contributed by atoms with Crippen molar-refractivity contribution in [3.8, 4) is 0 Å². The molecule has 12 heteroatoms. The third-order valence-electron chi connectivity index (χ3n) is 3.80. The standard InChI is InChI=1S/C13H14Cl2N6O3S/c1-7-9(4-16-18-10-5-17-19-13(22)11(10)14)12(15)21(20-7)8-2-3-25(23,24)6-8/h4-5,8H,2-3,6H2,1H3,(H2,18,19,22)/b16-4-/t8-/m1/s1. The molecule has 0 spiro atoms. The van der Waals surface area contributed by atoms with Gasteiger partial charge in [-0.05, 0) is 13.3 Å². The van der Waals surface area contributed by atoms with Gasteiger partial charge >= 0.3 is 0 Å². The van der Waals surface area contributed by atoms with E-state index < -0.39 is 15.4 Å². The summed E-state index contributed by atoms with van der Waals surface area (Å²) in [7, 11) is -3.05. The molecule has 2 aromatic heterocycles. The van der Waals surface area contributed by atoms with Crippen LogP contribution in [-0.2, 0) is 9.84 Å². The molecule has 0 saturated carbocycles. The molecule has 1 atom stereocenters. The van der Waals surface area contributed by atoms with Crippen molar-refractivity contribution >= 4 is 44.9 Å². The summed E-state index contributed by atoms with van der Waals surface area (Å²) in [6.45, 7) is 1.74. The Morgan fingerprint density at radius 3 is 2.92 bits per heavy atom. The second-order valence-corrected chi connectivity index (χ2v) is 8.55. The Morgan fingerprint density at radius 1 is 1.48 bits per heavy atom. The Labute approximate surface area is 152 Å². The van der Waals surface area contributed by atoms with Crippen molar-refractivity contribution in [2.45, 2.75) is 19.4 Å². The maximum absolute atomic E-state index is 11.6. The van der Waals surface area contributed by atoms with Crippen LogP contribution in [0.25, 0.3) is 0 Å². The van der Waals surface area contributed by atoms with Gasteiger partial charge in [-0.3, -0.25) is 10.2 Å². The highest BCUT2D eigenvalue weighted by Gasteiger charge is 2.31. The zero-order valence-electron chi connectivity index (χ0n) is 13.0. The lowest BCUT2D eigenvalue weighted by Crippen LogP contribution is -2.12. The Bertz CT molecular complexity index is 998. The summed E-state index contributed by atoms with van der Waals surface area (Å²) < 4.78 is 24.8. The van der Waals surface area contributed by atoms with E-state index in [0.29, 0.717) is 22.8 Å². The van der Waals surface area contributed by atoms with E-state index in [9.17, 15) is 13.2 Å². The highest BCUT2D eigenvalue weighted by Crippen LogP contribution is 2.29. The minimum absolute atomic E-state index is 0.0245. The minimum Gasteiger partial charge on any atom is -0.275 e. The normalized spacial score (nSPS) is 19.6. The number of rotatable bonds is 4. The van der Waals surface area contributed by atoms with Crippen LogP contribution in [0.2, 0.25) is 10.2 Å². The monoisotopic (exact) mass is 404 g/mol. The lowest BCUT2D eigenvalue weighted by molar-refractivity contribution is 0.497. The van der Waals surface area contributed by atoms with E-state index in [1.54, 1.807) is 6.92 Å². The summed E-state index contributed by atoms with van der Waals surface area (Å²) in [6.07, 6.45) is 3.23. The second-order valence-electron chi connectivity index (χ2n) is 5.59. The molecular weight excluding hydrogens is 391 g/mol. The van der Waals surface area contributed by atoms with Crippen LogP contribution in [0.3, 0.4) is 0 Å². The zero-order chi connectivity index (χ0) is 18.2. The zero-order valence-corrected chi connectivity index (χ0v) is 15.4. The number of hydrogen-bond acceptors (Lipinski definition) is 7. The molecule has 0 aliphatic carbocycles. The molecule has 1 aliphatic heterocycles. The van der Waals surface area contributed by atoms with E-state index in [2.05, 4.69) is 25.8 Å².